The van der Waals surface area contributed by atoms with Gasteiger partial charge in [0.25, 0.3) is 0 Å². The largest absolute Gasteiger partial charge is 0.462 e. The van der Waals surface area contributed by atoms with Crippen LogP contribution in [0.15, 0.2) is 12.7 Å². The number of hydrogen-bond acceptors (Lipinski definition) is 4. The number of rotatable bonds is 7. The van der Waals surface area contributed by atoms with Crippen LogP contribution in [-0.4, -0.2) is 61.3 Å². The minimum absolute atomic E-state index is 0.0515. The molecule has 0 aromatic carbocycles. The maximum absolute atomic E-state index is 11.5. The molecule has 0 spiro atoms. The minimum Gasteiger partial charge on any atom is -0.462 e. The predicted octanol–water partition coefficient (Wildman–Crippen LogP) is 0.338. The Balaban J connectivity index is 3.88. The summed E-state index contributed by atoms with van der Waals surface area (Å²) in [4.78, 5) is 31.8. The number of carbonyl (C=O) groups excluding carboxylic acids is 2. The number of likely N-dealkylation sites (N-methyl/N-ethyl adjacent to an activating group) is 1. The van der Waals surface area contributed by atoms with E-state index in [-0.39, 0.29) is 24.8 Å². The highest BCUT2D eigenvalue weighted by Crippen LogP contribution is 2.30. The molecule has 1 N–H and O–H groups in total. The molecule has 0 aliphatic carbocycles. The van der Waals surface area contributed by atoms with Gasteiger partial charge < -0.3 is 14.1 Å². The van der Waals surface area contributed by atoms with Crippen LogP contribution in [0.25, 0.3) is 0 Å². The van der Waals surface area contributed by atoms with Crippen LogP contribution in [-0.2, 0) is 14.3 Å². The van der Waals surface area contributed by atoms with Gasteiger partial charge in [-0.1, -0.05) is 6.58 Å². The van der Waals surface area contributed by atoms with E-state index >= 15 is 0 Å². The van der Waals surface area contributed by atoms with E-state index in [0.717, 1.165) is 6.08 Å². The second-order valence-corrected chi connectivity index (χ2v) is 6.08. The summed E-state index contributed by atoms with van der Waals surface area (Å²) >= 11 is 0. The quantitative estimate of drug-likeness (QED) is 0.305. The first-order chi connectivity index (χ1) is 7.26. The molecule has 0 saturated heterocycles. The Morgan fingerprint density at radius 1 is 1.44 bits per heavy atom. The molecular formula is C10H19NO4P+. The van der Waals surface area contributed by atoms with E-state index in [0.29, 0.717) is 4.48 Å². The lowest BCUT2D eigenvalue weighted by atomic mass is 10.5. The van der Waals surface area contributed by atoms with Crippen molar-refractivity contribution in [2.45, 2.75) is 0 Å². The van der Waals surface area contributed by atoms with Crippen molar-refractivity contribution >= 4 is 19.6 Å². The van der Waals surface area contributed by atoms with E-state index < -0.39 is 14.1 Å². The maximum atomic E-state index is 11.5. The van der Waals surface area contributed by atoms with Gasteiger partial charge in [-0.05, 0) is 0 Å². The van der Waals surface area contributed by atoms with Crippen LogP contribution in [0.5, 0.6) is 0 Å². The van der Waals surface area contributed by atoms with Gasteiger partial charge >= 0.3 is 5.97 Å². The molecule has 1 atom stereocenters. The van der Waals surface area contributed by atoms with Crippen molar-refractivity contribution in [1.29, 1.82) is 0 Å². The lowest BCUT2D eigenvalue weighted by Crippen LogP contribution is -2.39. The number of hydrogen-bond donors (Lipinski definition) is 1. The molecule has 0 amide bonds. The van der Waals surface area contributed by atoms with Crippen LogP contribution in [0.2, 0.25) is 0 Å². The zero-order valence-corrected chi connectivity index (χ0v) is 10.9. The van der Waals surface area contributed by atoms with Gasteiger partial charge in [0, 0.05) is 12.2 Å². The smallest absolute Gasteiger partial charge is 0.330 e. The summed E-state index contributed by atoms with van der Waals surface area (Å²) in [7, 11) is 3.91. The molecule has 0 aromatic rings. The minimum atomic E-state index is -1.71. The van der Waals surface area contributed by atoms with Crippen LogP contribution in [0.1, 0.15) is 0 Å². The number of carbonyl (C=O) groups is 2. The van der Waals surface area contributed by atoms with Crippen LogP contribution in [0.4, 0.5) is 0 Å². The monoisotopic (exact) mass is 248 g/mol. The summed E-state index contributed by atoms with van der Waals surface area (Å²) in [6, 6.07) is 0. The Labute approximate surface area is 97.1 Å². The molecule has 0 heterocycles. The standard InChI is InChI=1S/C10H19NO4P/c1-5-9(12)15-6-7-16(14)10(13)8-11(2,3)4/h5,14H,1,6-8H2,2-4H3/q+1. The summed E-state index contributed by atoms with van der Waals surface area (Å²) < 4.78 is 5.16. The van der Waals surface area contributed by atoms with E-state index in [9.17, 15) is 14.5 Å². The highest BCUT2D eigenvalue weighted by atomic mass is 31.1. The number of nitrogens with zero attached hydrogens (tertiary/aromatic N) is 1. The lowest BCUT2D eigenvalue weighted by molar-refractivity contribution is -0.861. The molecule has 0 aromatic heterocycles. The lowest BCUT2D eigenvalue weighted by Gasteiger charge is -2.23. The van der Waals surface area contributed by atoms with Crippen molar-refractivity contribution in [3.8, 4) is 0 Å². The predicted molar refractivity (Wildman–Crippen MR) is 63.1 cm³/mol. The fourth-order valence-corrected chi connectivity index (χ4v) is 2.00. The summed E-state index contributed by atoms with van der Waals surface area (Å²) in [5.41, 5.74) is -0.183. The molecule has 0 radical (unpaired) electrons. The van der Waals surface area contributed by atoms with Crippen LogP contribution in [0.3, 0.4) is 0 Å². The first-order valence-electron chi connectivity index (χ1n) is 4.85. The molecule has 0 aliphatic rings. The normalized spacial score (nSPS) is 13.0. The highest BCUT2D eigenvalue weighted by Gasteiger charge is 2.22. The van der Waals surface area contributed by atoms with Gasteiger partial charge in [-0.3, -0.25) is 4.79 Å². The Bertz CT molecular complexity index is 272. The molecule has 0 bridgehead atoms. The Hall–Kier alpha value is -0.770. The SMILES string of the molecule is C=CC(=O)OCCP(O)C(=O)C[N+](C)(C)C. The van der Waals surface area contributed by atoms with Gasteiger partial charge in [0.15, 0.2) is 0 Å². The molecule has 16 heavy (non-hydrogen) atoms. The average molecular weight is 248 g/mol. The molecule has 0 aliphatic heterocycles. The Kier molecular flexibility index (Phi) is 6.41. The molecular weight excluding hydrogens is 229 g/mol. The van der Waals surface area contributed by atoms with Gasteiger partial charge in [0.1, 0.15) is 14.7 Å². The zero-order valence-electron chi connectivity index (χ0n) is 9.97. The van der Waals surface area contributed by atoms with Crippen LogP contribution in [0, 0.1) is 0 Å². The van der Waals surface area contributed by atoms with Gasteiger partial charge in [0.2, 0.25) is 5.52 Å². The van der Waals surface area contributed by atoms with Gasteiger partial charge in [0.05, 0.1) is 27.7 Å². The number of quaternary nitrogens is 1. The van der Waals surface area contributed by atoms with E-state index in [1.54, 1.807) is 0 Å². The van der Waals surface area contributed by atoms with Crippen LogP contribution < -0.4 is 0 Å². The summed E-state index contributed by atoms with van der Waals surface area (Å²) in [6.07, 6.45) is 1.24. The fourth-order valence-electron chi connectivity index (χ4n) is 0.904. The maximum Gasteiger partial charge on any atom is 0.330 e. The van der Waals surface area contributed by atoms with E-state index in [1.165, 1.54) is 0 Å². The molecule has 0 saturated carbocycles. The second-order valence-electron chi connectivity index (χ2n) is 4.34. The molecule has 92 valence electrons. The van der Waals surface area contributed by atoms with Gasteiger partial charge in [-0.2, -0.15) is 0 Å². The van der Waals surface area contributed by atoms with Gasteiger partial charge in [-0.15, -0.1) is 0 Å². The zero-order chi connectivity index (χ0) is 12.8. The fraction of sp³-hybridized carbons (Fsp3) is 0.600. The molecule has 1 unspecified atom stereocenters. The second kappa shape index (κ2) is 6.74. The summed E-state index contributed by atoms with van der Waals surface area (Å²) in [5, 5.41) is 0. The Morgan fingerprint density at radius 2 is 2.00 bits per heavy atom. The van der Waals surface area contributed by atoms with Crippen molar-refractivity contribution in [3.05, 3.63) is 12.7 Å². The van der Waals surface area contributed by atoms with E-state index in [2.05, 4.69) is 11.3 Å². The summed E-state index contributed by atoms with van der Waals surface area (Å²) in [5.74, 6) is -0.539. The first-order valence-corrected chi connectivity index (χ1v) is 6.33. The van der Waals surface area contributed by atoms with Crippen molar-refractivity contribution in [3.63, 3.8) is 0 Å². The Morgan fingerprint density at radius 3 is 2.44 bits per heavy atom. The van der Waals surface area contributed by atoms with Crippen molar-refractivity contribution in [2.75, 3.05) is 40.5 Å². The molecule has 5 nitrogen and oxygen atoms in total. The topological polar surface area (TPSA) is 63.6 Å². The van der Waals surface area contributed by atoms with E-state index in [4.69, 9.17) is 0 Å². The molecule has 0 fully saturated rings. The van der Waals surface area contributed by atoms with Crippen molar-refractivity contribution in [1.82, 2.24) is 0 Å². The third-order valence-electron chi connectivity index (χ3n) is 1.61. The third-order valence-corrected chi connectivity index (χ3v) is 2.93. The van der Waals surface area contributed by atoms with E-state index in [1.807, 2.05) is 21.1 Å². The average Bonchev–Trinajstić information content (AvgIpc) is 2.14. The van der Waals surface area contributed by atoms with Crippen molar-refractivity contribution in [2.24, 2.45) is 0 Å². The van der Waals surface area contributed by atoms with Crippen molar-refractivity contribution < 1.29 is 23.7 Å². The van der Waals surface area contributed by atoms with Crippen LogP contribution >= 0.6 is 8.15 Å². The number of esters is 1. The highest BCUT2D eigenvalue weighted by molar-refractivity contribution is 7.69. The first kappa shape index (κ1) is 15.2. The molecule has 6 heteroatoms. The van der Waals surface area contributed by atoms with Gasteiger partial charge in [-0.25, -0.2) is 4.79 Å². The molecule has 0 rings (SSSR count). The third kappa shape index (κ3) is 7.51. The summed E-state index contributed by atoms with van der Waals surface area (Å²) in [6.45, 7) is 3.57. The number of ether oxygens (including phenoxy) is 1.